The summed E-state index contributed by atoms with van der Waals surface area (Å²) in [5.41, 5.74) is -0.0417. The Hall–Kier alpha value is -1.47. The zero-order valence-corrected chi connectivity index (χ0v) is 13.3. The van der Waals surface area contributed by atoms with Crippen LogP contribution in [0.3, 0.4) is 0 Å². The van der Waals surface area contributed by atoms with Crippen LogP contribution in [0.1, 0.15) is 10.4 Å². The lowest BCUT2D eigenvalue weighted by Crippen LogP contribution is -2.49. The first-order chi connectivity index (χ1) is 9.99. The molecule has 114 valence electrons. The van der Waals surface area contributed by atoms with E-state index >= 15 is 0 Å². The number of nitrogens with one attached hydrogen (secondary N) is 1. The van der Waals surface area contributed by atoms with Crippen LogP contribution < -0.4 is 5.32 Å². The number of nitrogens with zero attached hydrogens (tertiary/aromatic N) is 2. The molecule has 0 atom stereocenters. The summed E-state index contributed by atoms with van der Waals surface area (Å²) in [6.07, 6.45) is 0. The van der Waals surface area contributed by atoms with Gasteiger partial charge >= 0.3 is 0 Å². The number of benzene rings is 1. The Bertz CT molecular complexity index is 547. The van der Waals surface area contributed by atoms with Gasteiger partial charge in [-0.15, -0.1) is 0 Å². The van der Waals surface area contributed by atoms with E-state index in [9.17, 15) is 14.0 Å². The highest BCUT2D eigenvalue weighted by Crippen LogP contribution is 2.17. The zero-order valence-electron chi connectivity index (χ0n) is 11.7. The van der Waals surface area contributed by atoms with Crippen LogP contribution in [0.15, 0.2) is 22.7 Å². The van der Waals surface area contributed by atoms with Gasteiger partial charge in [0.05, 0.1) is 12.1 Å². The lowest BCUT2D eigenvalue weighted by Gasteiger charge is -2.29. The maximum absolute atomic E-state index is 13.7. The van der Waals surface area contributed by atoms with Crippen molar-refractivity contribution in [3.05, 3.63) is 34.1 Å². The molecule has 1 heterocycles. The minimum absolute atomic E-state index is 0.0417. The smallest absolute Gasteiger partial charge is 0.257 e. The molecule has 21 heavy (non-hydrogen) atoms. The third-order valence-electron chi connectivity index (χ3n) is 3.35. The molecule has 1 fully saturated rings. The molecule has 0 radical (unpaired) electrons. The van der Waals surface area contributed by atoms with E-state index in [0.29, 0.717) is 17.6 Å². The predicted octanol–water partition coefficient (Wildman–Crippen LogP) is 1.09. The van der Waals surface area contributed by atoms with Crippen LogP contribution in [0, 0.1) is 5.82 Å². The molecule has 0 spiro atoms. The molecule has 5 nitrogen and oxygen atoms in total. The van der Waals surface area contributed by atoms with Crippen molar-refractivity contribution in [3.63, 3.8) is 0 Å². The van der Waals surface area contributed by atoms with Crippen molar-refractivity contribution < 1.29 is 14.0 Å². The normalized spacial score (nSPS) is 14.9. The number of hydrogen-bond donors (Lipinski definition) is 1. The summed E-state index contributed by atoms with van der Waals surface area (Å²) >= 11 is 3.21. The van der Waals surface area contributed by atoms with E-state index in [4.69, 9.17) is 0 Å². The standard InChI is InChI=1S/C14H17BrFN3O2/c1-18(9-13(20)19-6-4-17-5-7-19)14(21)11-8-10(15)2-3-12(11)16/h2-3,8,17H,4-7,9H2,1H3. The van der Waals surface area contributed by atoms with E-state index in [2.05, 4.69) is 21.2 Å². The third-order valence-corrected chi connectivity index (χ3v) is 3.84. The second-order valence-electron chi connectivity index (χ2n) is 4.92. The molecule has 0 aliphatic carbocycles. The molecule has 1 aliphatic rings. The lowest BCUT2D eigenvalue weighted by atomic mass is 10.2. The average Bonchev–Trinajstić information content (AvgIpc) is 2.49. The maximum atomic E-state index is 13.7. The fourth-order valence-electron chi connectivity index (χ4n) is 2.16. The molecule has 1 N–H and O–H groups in total. The second-order valence-corrected chi connectivity index (χ2v) is 5.83. The highest BCUT2D eigenvalue weighted by atomic mass is 79.9. The van der Waals surface area contributed by atoms with E-state index in [1.165, 1.54) is 30.1 Å². The van der Waals surface area contributed by atoms with Crippen LogP contribution in [0.2, 0.25) is 0 Å². The summed E-state index contributed by atoms with van der Waals surface area (Å²) in [6, 6.07) is 4.17. The van der Waals surface area contributed by atoms with Gasteiger partial charge in [-0.3, -0.25) is 9.59 Å². The summed E-state index contributed by atoms with van der Waals surface area (Å²) in [7, 11) is 1.50. The minimum atomic E-state index is -0.593. The molecule has 1 saturated heterocycles. The van der Waals surface area contributed by atoms with Gasteiger partial charge < -0.3 is 15.1 Å². The highest BCUT2D eigenvalue weighted by molar-refractivity contribution is 9.10. The van der Waals surface area contributed by atoms with Crippen molar-refractivity contribution in [1.29, 1.82) is 0 Å². The first kappa shape index (κ1) is 15.9. The van der Waals surface area contributed by atoms with Crippen molar-refractivity contribution in [2.24, 2.45) is 0 Å². The molecule has 0 bridgehead atoms. The Morgan fingerprint density at radius 2 is 2.05 bits per heavy atom. The van der Waals surface area contributed by atoms with E-state index < -0.39 is 11.7 Å². The summed E-state index contributed by atoms with van der Waals surface area (Å²) in [6.45, 7) is 2.72. The molecule has 1 aromatic rings. The summed E-state index contributed by atoms with van der Waals surface area (Å²) in [5.74, 6) is -1.22. The van der Waals surface area contributed by atoms with Crippen LogP contribution in [0.4, 0.5) is 4.39 Å². The first-order valence-electron chi connectivity index (χ1n) is 6.68. The molecule has 2 amide bonds. The van der Waals surface area contributed by atoms with Crippen LogP contribution in [-0.4, -0.2) is 61.4 Å². The fraction of sp³-hybridized carbons (Fsp3) is 0.429. The topological polar surface area (TPSA) is 52.7 Å². The van der Waals surface area contributed by atoms with Crippen LogP contribution in [0.5, 0.6) is 0 Å². The molecule has 2 rings (SSSR count). The monoisotopic (exact) mass is 357 g/mol. The van der Waals surface area contributed by atoms with Gasteiger partial charge in [-0.05, 0) is 18.2 Å². The molecule has 0 aromatic heterocycles. The van der Waals surface area contributed by atoms with Crippen molar-refractivity contribution in [2.75, 3.05) is 39.8 Å². The first-order valence-corrected chi connectivity index (χ1v) is 7.47. The number of carbonyl (C=O) groups is 2. The van der Waals surface area contributed by atoms with Gasteiger partial charge in [0, 0.05) is 37.7 Å². The summed E-state index contributed by atoms with van der Waals surface area (Å²) in [5, 5.41) is 3.16. The Morgan fingerprint density at radius 1 is 1.38 bits per heavy atom. The van der Waals surface area contributed by atoms with Gasteiger partial charge in [-0.1, -0.05) is 15.9 Å². The number of halogens is 2. The Kier molecular flexibility index (Phi) is 5.30. The number of piperazine rings is 1. The van der Waals surface area contributed by atoms with Gasteiger partial charge in [-0.25, -0.2) is 4.39 Å². The Balaban J connectivity index is 2.02. The molecule has 1 aromatic carbocycles. The van der Waals surface area contributed by atoms with Crippen molar-refractivity contribution in [2.45, 2.75) is 0 Å². The summed E-state index contributed by atoms with van der Waals surface area (Å²) < 4.78 is 14.3. The highest BCUT2D eigenvalue weighted by Gasteiger charge is 2.22. The Morgan fingerprint density at radius 3 is 2.71 bits per heavy atom. The number of hydrogen-bond acceptors (Lipinski definition) is 3. The predicted molar refractivity (Wildman–Crippen MR) is 80.5 cm³/mol. The quantitative estimate of drug-likeness (QED) is 0.880. The largest absolute Gasteiger partial charge is 0.339 e. The van der Waals surface area contributed by atoms with E-state index in [0.717, 1.165) is 13.1 Å². The van der Waals surface area contributed by atoms with Crippen LogP contribution in [-0.2, 0) is 4.79 Å². The number of rotatable bonds is 3. The number of carbonyl (C=O) groups excluding carboxylic acids is 2. The molecule has 0 unspecified atom stereocenters. The molecular weight excluding hydrogens is 341 g/mol. The zero-order chi connectivity index (χ0) is 15.4. The second kappa shape index (κ2) is 7.00. The third kappa shape index (κ3) is 4.01. The molecule has 0 saturated carbocycles. The van der Waals surface area contributed by atoms with Crippen LogP contribution in [0.25, 0.3) is 0 Å². The van der Waals surface area contributed by atoms with E-state index in [1.807, 2.05) is 0 Å². The van der Waals surface area contributed by atoms with Gasteiger partial charge in [0.15, 0.2) is 0 Å². The van der Waals surface area contributed by atoms with Gasteiger partial charge in [0.2, 0.25) is 5.91 Å². The minimum Gasteiger partial charge on any atom is -0.339 e. The van der Waals surface area contributed by atoms with E-state index in [1.54, 1.807) is 4.90 Å². The lowest BCUT2D eigenvalue weighted by molar-refractivity contribution is -0.132. The van der Waals surface area contributed by atoms with Gasteiger partial charge in [0.25, 0.3) is 5.91 Å². The SMILES string of the molecule is CN(CC(=O)N1CCNCC1)C(=O)c1cc(Br)ccc1F. The van der Waals surface area contributed by atoms with Gasteiger partial charge in [0.1, 0.15) is 5.82 Å². The molecule has 1 aliphatic heterocycles. The van der Waals surface area contributed by atoms with Crippen molar-refractivity contribution in [3.8, 4) is 0 Å². The average molecular weight is 358 g/mol. The van der Waals surface area contributed by atoms with Crippen LogP contribution >= 0.6 is 15.9 Å². The molecular formula is C14H17BrFN3O2. The van der Waals surface area contributed by atoms with E-state index in [-0.39, 0.29) is 18.0 Å². The Labute approximate surface area is 131 Å². The number of amides is 2. The maximum Gasteiger partial charge on any atom is 0.257 e. The van der Waals surface area contributed by atoms with Crippen molar-refractivity contribution in [1.82, 2.24) is 15.1 Å². The number of likely N-dealkylation sites (N-methyl/N-ethyl adjacent to an activating group) is 1. The fourth-order valence-corrected chi connectivity index (χ4v) is 2.52. The summed E-state index contributed by atoms with van der Waals surface area (Å²) in [4.78, 5) is 27.3. The van der Waals surface area contributed by atoms with Crippen molar-refractivity contribution >= 4 is 27.7 Å². The molecule has 7 heteroatoms. The van der Waals surface area contributed by atoms with Gasteiger partial charge in [-0.2, -0.15) is 0 Å².